The van der Waals surface area contributed by atoms with E-state index < -0.39 is 0 Å². The molecule has 1 aliphatic rings. The number of nitrogens with one attached hydrogen (secondary N) is 1. The highest BCUT2D eigenvalue weighted by atomic mass is 19.1. The lowest BCUT2D eigenvalue weighted by Crippen LogP contribution is -2.34. The molecule has 0 unspecified atom stereocenters. The van der Waals surface area contributed by atoms with Gasteiger partial charge in [0.15, 0.2) is 0 Å². The van der Waals surface area contributed by atoms with Crippen molar-refractivity contribution in [1.82, 2.24) is 15.5 Å². The summed E-state index contributed by atoms with van der Waals surface area (Å²) in [5, 5.41) is 11.5. The molecular formula is C16H20FN3O. The van der Waals surface area contributed by atoms with E-state index in [2.05, 4.69) is 15.5 Å². The van der Waals surface area contributed by atoms with Gasteiger partial charge >= 0.3 is 0 Å². The Morgan fingerprint density at radius 2 is 1.95 bits per heavy atom. The van der Waals surface area contributed by atoms with Crippen molar-refractivity contribution in [2.24, 2.45) is 5.92 Å². The van der Waals surface area contributed by atoms with Crippen LogP contribution < -0.4 is 5.32 Å². The highest BCUT2D eigenvalue weighted by Gasteiger charge is 2.30. The second-order valence-corrected chi connectivity index (χ2v) is 5.77. The highest BCUT2D eigenvalue weighted by Crippen LogP contribution is 2.39. The van der Waals surface area contributed by atoms with Crippen LogP contribution >= 0.6 is 0 Å². The molecule has 0 bridgehead atoms. The fourth-order valence-electron chi connectivity index (χ4n) is 2.78. The summed E-state index contributed by atoms with van der Waals surface area (Å²) in [6, 6.07) is 6.92. The minimum atomic E-state index is -0.202. The quantitative estimate of drug-likeness (QED) is 0.911. The van der Waals surface area contributed by atoms with Gasteiger partial charge < -0.3 is 4.42 Å². The van der Waals surface area contributed by atoms with Gasteiger partial charge in [0.05, 0.1) is 6.04 Å². The van der Waals surface area contributed by atoms with Gasteiger partial charge in [0.25, 0.3) is 0 Å². The van der Waals surface area contributed by atoms with Gasteiger partial charge in [-0.05, 0) is 43.4 Å². The maximum Gasteiger partial charge on any atom is 0.233 e. The summed E-state index contributed by atoms with van der Waals surface area (Å²) in [6.07, 6.45) is 3.66. The fourth-order valence-corrected chi connectivity index (χ4v) is 2.78. The number of hydrogen-bond acceptors (Lipinski definition) is 4. The molecule has 1 heterocycles. The van der Waals surface area contributed by atoms with Crippen LogP contribution in [0, 0.1) is 18.7 Å². The predicted molar refractivity (Wildman–Crippen MR) is 77.1 cm³/mol. The topological polar surface area (TPSA) is 51.0 Å². The minimum Gasteiger partial charge on any atom is -0.424 e. The Labute approximate surface area is 123 Å². The largest absolute Gasteiger partial charge is 0.424 e. The van der Waals surface area contributed by atoms with Crippen molar-refractivity contribution in [2.75, 3.05) is 0 Å². The van der Waals surface area contributed by atoms with Gasteiger partial charge in [0.2, 0.25) is 11.8 Å². The van der Waals surface area contributed by atoms with Crippen molar-refractivity contribution in [3.05, 3.63) is 47.4 Å². The zero-order valence-electron chi connectivity index (χ0n) is 12.3. The van der Waals surface area contributed by atoms with Gasteiger partial charge in [-0.15, -0.1) is 10.2 Å². The van der Waals surface area contributed by atoms with Gasteiger partial charge in [0, 0.05) is 13.0 Å². The fraction of sp³-hybridized carbons (Fsp3) is 0.500. The Balaban J connectivity index is 1.77. The number of aromatic nitrogens is 2. The summed E-state index contributed by atoms with van der Waals surface area (Å²) < 4.78 is 18.6. The van der Waals surface area contributed by atoms with E-state index in [-0.39, 0.29) is 17.9 Å². The van der Waals surface area contributed by atoms with Crippen LogP contribution in [0.15, 0.2) is 28.7 Å². The van der Waals surface area contributed by atoms with Crippen molar-refractivity contribution in [1.29, 1.82) is 0 Å². The van der Waals surface area contributed by atoms with E-state index >= 15 is 0 Å². The maximum atomic E-state index is 13.1. The molecule has 0 spiro atoms. The minimum absolute atomic E-state index is 0.0261. The Bertz CT molecular complexity index is 592. The van der Waals surface area contributed by atoms with Crippen molar-refractivity contribution in [3.63, 3.8) is 0 Å². The molecule has 1 aromatic carbocycles. The van der Waals surface area contributed by atoms with E-state index in [4.69, 9.17) is 4.42 Å². The number of hydrogen-bond donors (Lipinski definition) is 1. The molecular weight excluding hydrogens is 269 g/mol. The SMILES string of the molecule is Cc1nnc([C@@H](C)N[C@@H](c2ccc(F)cc2)C2CCC2)o1. The zero-order valence-corrected chi connectivity index (χ0v) is 12.3. The van der Waals surface area contributed by atoms with Crippen LogP contribution in [0.1, 0.15) is 55.6 Å². The summed E-state index contributed by atoms with van der Waals surface area (Å²) in [7, 11) is 0. The molecule has 3 rings (SSSR count). The van der Waals surface area contributed by atoms with Gasteiger partial charge in [-0.2, -0.15) is 0 Å². The van der Waals surface area contributed by atoms with Crippen LogP contribution in [0.2, 0.25) is 0 Å². The van der Waals surface area contributed by atoms with Crippen molar-refractivity contribution in [3.8, 4) is 0 Å². The Morgan fingerprint density at radius 3 is 2.48 bits per heavy atom. The molecule has 21 heavy (non-hydrogen) atoms. The van der Waals surface area contributed by atoms with Gasteiger partial charge in [-0.25, -0.2) is 4.39 Å². The molecule has 1 N–H and O–H groups in total. The average molecular weight is 289 g/mol. The van der Waals surface area contributed by atoms with Crippen LogP contribution in [0.4, 0.5) is 4.39 Å². The molecule has 5 heteroatoms. The second kappa shape index (κ2) is 5.93. The van der Waals surface area contributed by atoms with Gasteiger partial charge in [-0.3, -0.25) is 5.32 Å². The normalized spacial score (nSPS) is 18.2. The second-order valence-electron chi connectivity index (χ2n) is 5.77. The monoisotopic (exact) mass is 289 g/mol. The first-order chi connectivity index (χ1) is 10.1. The first-order valence-corrected chi connectivity index (χ1v) is 7.45. The van der Waals surface area contributed by atoms with Crippen LogP contribution in [0.25, 0.3) is 0 Å². The molecule has 1 saturated carbocycles. The molecule has 4 nitrogen and oxygen atoms in total. The zero-order chi connectivity index (χ0) is 14.8. The third-order valence-corrected chi connectivity index (χ3v) is 4.19. The van der Waals surface area contributed by atoms with E-state index in [1.54, 1.807) is 6.92 Å². The highest BCUT2D eigenvalue weighted by molar-refractivity contribution is 5.21. The first-order valence-electron chi connectivity index (χ1n) is 7.45. The number of aryl methyl sites for hydroxylation is 1. The van der Waals surface area contributed by atoms with Crippen LogP contribution in [-0.4, -0.2) is 10.2 Å². The Morgan fingerprint density at radius 1 is 1.24 bits per heavy atom. The molecule has 0 amide bonds. The third-order valence-electron chi connectivity index (χ3n) is 4.19. The van der Waals surface area contributed by atoms with E-state index in [1.165, 1.54) is 31.4 Å². The summed E-state index contributed by atoms with van der Waals surface area (Å²) >= 11 is 0. The van der Waals surface area contributed by atoms with E-state index in [0.29, 0.717) is 17.7 Å². The van der Waals surface area contributed by atoms with Crippen LogP contribution in [0.5, 0.6) is 0 Å². The summed E-state index contributed by atoms with van der Waals surface area (Å²) in [4.78, 5) is 0. The summed E-state index contributed by atoms with van der Waals surface area (Å²) in [5.74, 6) is 1.55. The number of nitrogens with zero attached hydrogens (tertiary/aromatic N) is 2. The molecule has 2 atom stereocenters. The molecule has 2 aromatic rings. The van der Waals surface area contributed by atoms with Crippen molar-refractivity contribution >= 4 is 0 Å². The van der Waals surface area contributed by atoms with Crippen molar-refractivity contribution < 1.29 is 8.81 Å². The average Bonchev–Trinajstić information content (AvgIpc) is 2.83. The lowest BCUT2D eigenvalue weighted by atomic mass is 9.77. The molecule has 0 saturated heterocycles. The van der Waals surface area contributed by atoms with Crippen molar-refractivity contribution in [2.45, 2.75) is 45.2 Å². The number of rotatable bonds is 5. The Hall–Kier alpha value is -1.75. The number of benzene rings is 1. The molecule has 0 aliphatic heterocycles. The van der Waals surface area contributed by atoms with E-state index in [9.17, 15) is 4.39 Å². The molecule has 1 aromatic heterocycles. The lowest BCUT2D eigenvalue weighted by molar-refractivity contribution is 0.211. The Kier molecular flexibility index (Phi) is 4.01. The van der Waals surface area contributed by atoms with E-state index in [1.807, 2.05) is 19.1 Å². The molecule has 1 fully saturated rings. The number of halogens is 1. The molecule has 112 valence electrons. The summed E-state index contributed by atoms with van der Waals surface area (Å²) in [5.41, 5.74) is 1.11. The molecule has 0 radical (unpaired) electrons. The third kappa shape index (κ3) is 3.13. The summed E-state index contributed by atoms with van der Waals surface area (Å²) in [6.45, 7) is 3.80. The van der Waals surface area contributed by atoms with E-state index in [0.717, 1.165) is 5.56 Å². The molecule has 1 aliphatic carbocycles. The van der Waals surface area contributed by atoms with Crippen LogP contribution in [0.3, 0.4) is 0 Å². The van der Waals surface area contributed by atoms with Crippen LogP contribution in [-0.2, 0) is 0 Å². The van der Waals surface area contributed by atoms with Gasteiger partial charge in [-0.1, -0.05) is 18.6 Å². The lowest BCUT2D eigenvalue weighted by Gasteiger charge is -2.36. The standard InChI is InChI=1S/C16H20FN3O/c1-10(16-20-19-11(2)21-16)18-15(12-4-3-5-12)13-6-8-14(17)9-7-13/h6-10,12,15,18H,3-5H2,1-2H3/t10-,15-/m1/s1. The predicted octanol–water partition coefficient (Wildman–Crippen LogP) is 3.71. The first kappa shape index (κ1) is 14.2. The maximum absolute atomic E-state index is 13.1. The van der Waals surface area contributed by atoms with Gasteiger partial charge in [0.1, 0.15) is 5.82 Å². The smallest absolute Gasteiger partial charge is 0.233 e.